The molecule has 4 nitrogen and oxygen atoms in total. The molecule has 2 rings (SSSR count). The summed E-state index contributed by atoms with van der Waals surface area (Å²) >= 11 is 0. The topological polar surface area (TPSA) is 50.1 Å². The first-order chi connectivity index (χ1) is 8.35. The van der Waals surface area contributed by atoms with Crippen molar-refractivity contribution in [1.29, 1.82) is 0 Å². The molecule has 1 aliphatic rings. The van der Waals surface area contributed by atoms with E-state index in [9.17, 15) is 5.11 Å². The fraction of sp³-hybridized carbons (Fsp3) is 0.769. The van der Waals surface area contributed by atoms with E-state index in [0.29, 0.717) is 18.6 Å². The van der Waals surface area contributed by atoms with E-state index in [2.05, 4.69) is 21.8 Å². The maximum atomic E-state index is 9.36. The Bertz CT molecular complexity index is 337. The van der Waals surface area contributed by atoms with Crippen LogP contribution in [0, 0.1) is 5.92 Å². The van der Waals surface area contributed by atoms with Gasteiger partial charge < -0.3 is 15.0 Å². The normalized spacial score (nSPS) is 25.1. The third kappa shape index (κ3) is 3.07. The Kier molecular flexibility index (Phi) is 4.57. The van der Waals surface area contributed by atoms with Crippen molar-refractivity contribution in [2.24, 2.45) is 5.92 Å². The number of nitrogens with one attached hydrogen (secondary N) is 1. The second kappa shape index (κ2) is 6.17. The van der Waals surface area contributed by atoms with Crippen LogP contribution in [0.5, 0.6) is 0 Å². The van der Waals surface area contributed by atoms with Crippen LogP contribution in [0.25, 0.3) is 0 Å². The minimum atomic E-state index is 0.310. The first-order valence-corrected chi connectivity index (χ1v) is 6.68. The lowest BCUT2D eigenvalue weighted by Crippen LogP contribution is -2.40. The molecule has 1 saturated carbocycles. The number of aliphatic hydroxyl groups excluding tert-OH is 1. The van der Waals surface area contributed by atoms with Gasteiger partial charge in [-0.15, -0.1) is 0 Å². The molecule has 17 heavy (non-hydrogen) atoms. The third-order valence-electron chi connectivity index (χ3n) is 3.83. The molecule has 1 aromatic heterocycles. The first-order valence-electron chi connectivity index (χ1n) is 6.68. The molecule has 1 aromatic rings. The van der Waals surface area contributed by atoms with Gasteiger partial charge in [-0.3, -0.25) is 0 Å². The van der Waals surface area contributed by atoms with Crippen LogP contribution in [-0.4, -0.2) is 27.3 Å². The highest BCUT2D eigenvalue weighted by Crippen LogP contribution is 2.24. The van der Waals surface area contributed by atoms with Gasteiger partial charge in [-0.2, -0.15) is 0 Å². The molecule has 2 atom stereocenters. The molecule has 0 bridgehead atoms. The second-order valence-electron chi connectivity index (χ2n) is 4.89. The van der Waals surface area contributed by atoms with Gasteiger partial charge in [-0.05, 0) is 25.7 Å². The van der Waals surface area contributed by atoms with Crippen molar-refractivity contribution in [2.75, 3.05) is 6.61 Å². The Morgan fingerprint density at radius 2 is 2.29 bits per heavy atom. The van der Waals surface area contributed by atoms with Gasteiger partial charge in [0.05, 0.1) is 12.0 Å². The lowest BCUT2D eigenvalue weighted by molar-refractivity contribution is 0.152. The van der Waals surface area contributed by atoms with Crippen LogP contribution in [0.2, 0.25) is 0 Å². The Hall–Kier alpha value is -0.870. The molecule has 1 fully saturated rings. The van der Waals surface area contributed by atoms with E-state index in [1.807, 2.05) is 12.5 Å². The van der Waals surface area contributed by atoms with Crippen molar-refractivity contribution < 1.29 is 5.11 Å². The molecule has 0 spiro atoms. The molecule has 0 saturated heterocycles. The fourth-order valence-corrected chi connectivity index (χ4v) is 2.71. The summed E-state index contributed by atoms with van der Waals surface area (Å²) in [7, 11) is 0. The van der Waals surface area contributed by atoms with Gasteiger partial charge in [0.1, 0.15) is 0 Å². The van der Waals surface area contributed by atoms with Gasteiger partial charge in [0, 0.05) is 31.9 Å². The second-order valence-corrected chi connectivity index (χ2v) is 4.89. The summed E-state index contributed by atoms with van der Waals surface area (Å²) < 4.78 is 2.16. The number of imidazole rings is 1. The van der Waals surface area contributed by atoms with E-state index in [4.69, 9.17) is 0 Å². The maximum Gasteiger partial charge on any atom is 0.0948 e. The van der Waals surface area contributed by atoms with Gasteiger partial charge in [0.15, 0.2) is 0 Å². The molecule has 4 heteroatoms. The lowest BCUT2D eigenvalue weighted by Gasteiger charge is -2.31. The number of rotatable bonds is 5. The smallest absolute Gasteiger partial charge is 0.0948 e. The van der Waals surface area contributed by atoms with Crippen LogP contribution in [0.4, 0.5) is 0 Å². The third-order valence-corrected chi connectivity index (χ3v) is 3.83. The zero-order chi connectivity index (χ0) is 12.1. The molecule has 2 N–H and O–H groups in total. The summed E-state index contributed by atoms with van der Waals surface area (Å²) in [5.41, 5.74) is 1.23. The van der Waals surface area contributed by atoms with Crippen molar-refractivity contribution in [2.45, 2.75) is 51.7 Å². The summed E-state index contributed by atoms with van der Waals surface area (Å²) in [6.07, 6.45) is 8.68. The van der Waals surface area contributed by atoms with Gasteiger partial charge in [0.2, 0.25) is 0 Å². The number of aromatic nitrogens is 2. The SMILES string of the molecule is CCn1cncc1CNC1CCCCC1CO. The molecule has 2 unspecified atom stereocenters. The van der Waals surface area contributed by atoms with E-state index in [-0.39, 0.29) is 0 Å². The Morgan fingerprint density at radius 1 is 1.47 bits per heavy atom. The summed E-state index contributed by atoms with van der Waals surface area (Å²) in [5.74, 6) is 0.432. The Balaban J connectivity index is 1.88. The van der Waals surface area contributed by atoms with E-state index in [0.717, 1.165) is 19.5 Å². The number of nitrogens with zero attached hydrogens (tertiary/aromatic N) is 2. The molecule has 0 radical (unpaired) electrons. The van der Waals surface area contributed by atoms with E-state index in [1.54, 1.807) is 0 Å². The molecule has 0 aromatic carbocycles. The highest BCUT2D eigenvalue weighted by molar-refractivity contribution is 4.98. The van der Waals surface area contributed by atoms with Gasteiger partial charge in [0.25, 0.3) is 0 Å². The number of aliphatic hydroxyl groups is 1. The first kappa shape index (κ1) is 12.6. The highest BCUT2D eigenvalue weighted by atomic mass is 16.3. The predicted octanol–water partition coefficient (Wildman–Crippen LogP) is 1.54. The standard InChI is InChI=1S/C13H23N3O/c1-2-16-10-14-7-12(16)8-15-13-6-4-3-5-11(13)9-17/h7,10-11,13,15,17H,2-6,8-9H2,1H3. The van der Waals surface area contributed by atoms with Crippen molar-refractivity contribution in [3.63, 3.8) is 0 Å². The average Bonchev–Trinajstić information content (AvgIpc) is 2.84. The monoisotopic (exact) mass is 237 g/mol. The van der Waals surface area contributed by atoms with E-state index < -0.39 is 0 Å². The van der Waals surface area contributed by atoms with Crippen LogP contribution in [0.1, 0.15) is 38.3 Å². The minimum absolute atomic E-state index is 0.310. The van der Waals surface area contributed by atoms with Crippen molar-refractivity contribution in [3.05, 3.63) is 18.2 Å². The largest absolute Gasteiger partial charge is 0.396 e. The van der Waals surface area contributed by atoms with Crippen LogP contribution >= 0.6 is 0 Å². The molecule has 96 valence electrons. The molecule has 0 aliphatic heterocycles. The Morgan fingerprint density at radius 3 is 3.06 bits per heavy atom. The van der Waals surface area contributed by atoms with Gasteiger partial charge in [-0.1, -0.05) is 12.8 Å². The average molecular weight is 237 g/mol. The molecular weight excluding hydrogens is 214 g/mol. The molecule has 1 heterocycles. The van der Waals surface area contributed by atoms with Crippen molar-refractivity contribution in [3.8, 4) is 0 Å². The zero-order valence-electron chi connectivity index (χ0n) is 10.6. The van der Waals surface area contributed by atoms with Crippen molar-refractivity contribution in [1.82, 2.24) is 14.9 Å². The highest BCUT2D eigenvalue weighted by Gasteiger charge is 2.23. The molecule has 1 aliphatic carbocycles. The predicted molar refractivity (Wildman–Crippen MR) is 67.6 cm³/mol. The van der Waals surface area contributed by atoms with Crippen molar-refractivity contribution >= 4 is 0 Å². The van der Waals surface area contributed by atoms with Crippen LogP contribution in [0.15, 0.2) is 12.5 Å². The van der Waals surface area contributed by atoms with Gasteiger partial charge >= 0.3 is 0 Å². The fourth-order valence-electron chi connectivity index (χ4n) is 2.71. The van der Waals surface area contributed by atoms with Crippen LogP contribution in [0.3, 0.4) is 0 Å². The minimum Gasteiger partial charge on any atom is -0.396 e. The maximum absolute atomic E-state index is 9.36. The zero-order valence-corrected chi connectivity index (χ0v) is 10.6. The molecule has 0 amide bonds. The number of hydrogen-bond donors (Lipinski definition) is 2. The quantitative estimate of drug-likeness (QED) is 0.817. The van der Waals surface area contributed by atoms with Gasteiger partial charge in [-0.25, -0.2) is 4.98 Å². The summed E-state index contributed by atoms with van der Waals surface area (Å²) in [6, 6.07) is 0.467. The summed E-state index contributed by atoms with van der Waals surface area (Å²) in [5, 5.41) is 12.9. The molecular formula is C13H23N3O. The van der Waals surface area contributed by atoms with E-state index in [1.165, 1.54) is 25.0 Å². The summed E-state index contributed by atoms with van der Waals surface area (Å²) in [6.45, 7) is 4.26. The Labute approximate surface area is 103 Å². The number of hydrogen-bond acceptors (Lipinski definition) is 3. The number of aryl methyl sites for hydroxylation is 1. The van der Waals surface area contributed by atoms with Crippen LogP contribution in [-0.2, 0) is 13.1 Å². The van der Waals surface area contributed by atoms with Crippen LogP contribution < -0.4 is 5.32 Å². The van der Waals surface area contributed by atoms with E-state index >= 15 is 0 Å². The summed E-state index contributed by atoms with van der Waals surface area (Å²) in [4.78, 5) is 4.17. The lowest BCUT2D eigenvalue weighted by atomic mass is 9.85.